The molecule has 6 rings (SSSR count). The van der Waals surface area contributed by atoms with Crippen LogP contribution in [0.5, 0.6) is 0 Å². The lowest BCUT2D eigenvalue weighted by molar-refractivity contribution is 0.0355. The highest BCUT2D eigenvalue weighted by Crippen LogP contribution is 2.47. The topological polar surface area (TPSA) is 103 Å². The molecule has 3 atom stereocenters. The minimum absolute atomic E-state index is 0.0706. The van der Waals surface area contributed by atoms with Crippen LogP contribution in [0.2, 0.25) is 5.02 Å². The normalized spacial score (nSPS) is 25.3. The van der Waals surface area contributed by atoms with Gasteiger partial charge in [0, 0.05) is 30.6 Å². The summed E-state index contributed by atoms with van der Waals surface area (Å²) in [5.41, 5.74) is 6.62. The van der Waals surface area contributed by atoms with Crippen LogP contribution in [0.15, 0.2) is 24.5 Å². The number of pyridine rings is 2. The van der Waals surface area contributed by atoms with E-state index in [1.807, 2.05) is 19.1 Å². The Bertz CT molecular complexity index is 1330. The zero-order chi connectivity index (χ0) is 26.4. The largest absolute Gasteiger partial charge is 0.427 e. The predicted molar refractivity (Wildman–Crippen MR) is 144 cm³/mol. The van der Waals surface area contributed by atoms with Gasteiger partial charge in [-0.15, -0.1) is 5.48 Å². The number of fused-ring (bicyclic) bond motifs is 1. The van der Waals surface area contributed by atoms with E-state index in [0.717, 1.165) is 46.9 Å². The summed E-state index contributed by atoms with van der Waals surface area (Å²) in [7, 11) is 0. The third-order valence-corrected chi connectivity index (χ3v) is 8.53. The Hall–Kier alpha value is -2.75. The molecule has 3 aromatic heterocycles. The van der Waals surface area contributed by atoms with Crippen molar-refractivity contribution in [1.82, 2.24) is 30.3 Å². The van der Waals surface area contributed by atoms with E-state index < -0.39 is 12.3 Å². The van der Waals surface area contributed by atoms with Crippen molar-refractivity contribution in [1.29, 1.82) is 0 Å². The maximum Gasteiger partial charge on any atom is 0.427 e. The molecule has 38 heavy (non-hydrogen) atoms. The number of nitrogens with one attached hydrogen (secondary N) is 2. The van der Waals surface area contributed by atoms with Crippen LogP contribution in [0, 0.1) is 17.8 Å². The Morgan fingerprint density at radius 2 is 1.89 bits per heavy atom. The van der Waals surface area contributed by atoms with E-state index in [1.165, 1.54) is 25.7 Å². The average molecular weight is 539 g/mol. The van der Waals surface area contributed by atoms with Crippen molar-refractivity contribution < 1.29 is 14.4 Å². The van der Waals surface area contributed by atoms with Gasteiger partial charge in [-0.05, 0) is 69.4 Å². The number of rotatable bonds is 8. The number of hydrogen-bond donors (Lipinski definition) is 2. The number of hydroxylamine groups is 1. The fourth-order valence-corrected chi connectivity index (χ4v) is 6.24. The lowest BCUT2D eigenvalue weighted by atomic mass is 9.79. The second kappa shape index (κ2) is 10.4. The van der Waals surface area contributed by atoms with E-state index in [9.17, 15) is 4.79 Å². The van der Waals surface area contributed by atoms with E-state index in [1.54, 1.807) is 12.4 Å². The van der Waals surface area contributed by atoms with Crippen molar-refractivity contribution >= 4 is 28.7 Å². The van der Waals surface area contributed by atoms with Gasteiger partial charge in [-0.2, -0.15) is 0 Å². The van der Waals surface area contributed by atoms with Crippen LogP contribution in [-0.4, -0.2) is 32.2 Å². The van der Waals surface area contributed by atoms with Crippen molar-refractivity contribution in [3.63, 3.8) is 0 Å². The van der Waals surface area contributed by atoms with Crippen molar-refractivity contribution in [3.05, 3.63) is 41.1 Å². The molecule has 3 fully saturated rings. The van der Waals surface area contributed by atoms with Crippen molar-refractivity contribution in [2.75, 3.05) is 6.61 Å². The Kier molecular flexibility index (Phi) is 7.01. The number of halogens is 1. The summed E-state index contributed by atoms with van der Waals surface area (Å²) in [6.45, 7) is 7.35. The minimum atomic E-state index is -0.588. The molecule has 1 saturated heterocycles. The number of amides is 1. The van der Waals surface area contributed by atoms with E-state index in [2.05, 4.69) is 34.2 Å². The van der Waals surface area contributed by atoms with Gasteiger partial charge in [0.15, 0.2) is 6.17 Å². The molecule has 0 aromatic carbocycles. The standard InChI is InChI=1S/C28H35ClN6O3/c1-4-37-25(18-9-10-18)27-32-21-12-22(26-33-28(36)38-34-26)31-23(19-11-20(29)14-30-13-19)24(21)35(27)16(3)17-7-5-15(2)6-8-17/h11-18,25-26,34H,4-10H2,1-3H3,(H,33,36). The third-order valence-electron chi connectivity index (χ3n) is 8.32. The van der Waals surface area contributed by atoms with Gasteiger partial charge in [0.05, 0.1) is 27.4 Å². The SMILES string of the molecule is CCOC(c1nc2cc(C3NOC(=O)N3)nc(-c3cncc(Cl)c3)c2n1C(C)C1CCC(C)CC1)C1CC1. The number of ether oxygens (including phenoxy) is 1. The fourth-order valence-electron chi connectivity index (χ4n) is 6.06. The summed E-state index contributed by atoms with van der Waals surface area (Å²) in [4.78, 5) is 31.4. The highest BCUT2D eigenvalue weighted by atomic mass is 35.5. The predicted octanol–water partition coefficient (Wildman–Crippen LogP) is 6.26. The molecule has 2 aliphatic carbocycles. The van der Waals surface area contributed by atoms with Gasteiger partial charge in [0.2, 0.25) is 0 Å². The second-order valence-electron chi connectivity index (χ2n) is 11.1. The Balaban J connectivity index is 1.57. The molecular weight excluding hydrogens is 504 g/mol. The molecule has 9 nitrogen and oxygen atoms in total. The van der Waals surface area contributed by atoms with Crippen molar-refractivity contribution in [2.45, 2.75) is 77.6 Å². The quantitative estimate of drug-likeness (QED) is 0.348. The molecule has 0 radical (unpaired) electrons. The van der Waals surface area contributed by atoms with Crippen LogP contribution in [0.1, 0.15) is 89.1 Å². The Morgan fingerprint density at radius 3 is 2.55 bits per heavy atom. The smallest absolute Gasteiger partial charge is 0.370 e. The summed E-state index contributed by atoms with van der Waals surface area (Å²) >= 11 is 6.39. The molecule has 10 heteroatoms. The maximum absolute atomic E-state index is 11.8. The molecule has 4 heterocycles. The van der Waals surface area contributed by atoms with Crippen LogP contribution in [0.4, 0.5) is 4.79 Å². The Labute approximate surface area is 227 Å². The number of hydrogen-bond acceptors (Lipinski definition) is 7. The van der Waals surface area contributed by atoms with Crippen molar-refractivity contribution in [2.24, 2.45) is 17.8 Å². The van der Waals surface area contributed by atoms with E-state index >= 15 is 0 Å². The summed E-state index contributed by atoms with van der Waals surface area (Å²) < 4.78 is 8.76. The number of imidazole rings is 1. The first-order chi connectivity index (χ1) is 18.4. The van der Waals surface area contributed by atoms with Gasteiger partial charge in [0.1, 0.15) is 11.9 Å². The first-order valence-corrected chi connectivity index (χ1v) is 14.2. The van der Waals surface area contributed by atoms with E-state index in [-0.39, 0.29) is 12.1 Å². The first-order valence-electron chi connectivity index (χ1n) is 13.8. The lowest BCUT2D eigenvalue weighted by Crippen LogP contribution is -2.25. The van der Waals surface area contributed by atoms with Crippen LogP contribution in [-0.2, 0) is 9.57 Å². The van der Waals surface area contributed by atoms with Gasteiger partial charge < -0.3 is 14.1 Å². The highest BCUT2D eigenvalue weighted by molar-refractivity contribution is 6.30. The summed E-state index contributed by atoms with van der Waals surface area (Å²) in [6, 6.07) is 4.03. The molecular formula is C28H35ClN6O3. The zero-order valence-electron chi connectivity index (χ0n) is 22.1. The molecule has 2 saturated carbocycles. The summed E-state index contributed by atoms with van der Waals surface area (Å²) in [5, 5.41) is 3.29. The molecule has 0 spiro atoms. The van der Waals surface area contributed by atoms with Gasteiger partial charge in [-0.3, -0.25) is 10.3 Å². The zero-order valence-corrected chi connectivity index (χ0v) is 22.9. The van der Waals surface area contributed by atoms with Crippen molar-refractivity contribution in [3.8, 4) is 11.3 Å². The molecule has 3 aromatic rings. The first kappa shape index (κ1) is 25.5. The monoisotopic (exact) mass is 538 g/mol. The van der Waals surface area contributed by atoms with Gasteiger partial charge in [-0.25, -0.2) is 14.8 Å². The van der Waals surface area contributed by atoms with Gasteiger partial charge in [0.25, 0.3) is 0 Å². The van der Waals surface area contributed by atoms with Crippen LogP contribution < -0.4 is 10.8 Å². The molecule has 1 amide bonds. The maximum atomic E-state index is 11.8. The number of aromatic nitrogens is 4. The van der Waals surface area contributed by atoms with E-state index in [4.69, 9.17) is 31.1 Å². The number of nitrogens with zero attached hydrogens (tertiary/aromatic N) is 4. The van der Waals surface area contributed by atoms with Crippen LogP contribution in [0.25, 0.3) is 22.3 Å². The fraction of sp³-hybridized carbons (Fsp3) is 0.571. The molecule has 1 aliphatic heterocycles. The summed E-state index contributed by atoms with van der Waals surface area (Å²) in [5.74, 6) is 2.74. The minimum Gasteiger partial charge on any atom is -0.370 e. The van der Waals surface area contributed by atoms with Crippen LogP contribution >= 0.6 is 11.6 Å². The number of carbonyl (C=O) groups excluding carboxylic acids is 1. The Morgan fingerprint density at radius 1 is 1.13 bits per heavy atom. The number of carbonyl (C=O) groups is 1. The van der Waals surface area contributed by atoms with Gasteiger partial charge >= 0.3 is 6.09 Å². The molecule has 3 unspecified atom stereocenters. The molecule has 3 aliphatic rings. The van der Waals surface area contributed by atoms with Crippen LogP contribution in [0.3, 0.4) is 0 Å². The van der Waals surface area contributed by atoms with E-state index in [0.29, 0.717) is 29.2 Å². The molecule has 0 bridgehead atoms. The molecule has 202 valence electrons. The van der Waals surface area contributed by atoms with Gasteiger partial charge in [-0.1, -0.05) is 31.4 Å². The average Bonchev–Trinajstić information content (AvgIpc) is 3.54. The third kappa shape index (κ3) is 4.87. The highest BCUT2D eigenvalue weighted by Gasteiger charge is 2.39. The lowest BCUT2D eigenvalue weighted by Gasteiger charge is -2.33. The molecule has 2 N–H and O–H groups in total. The summed E-state index contributed by atoms with van der Waals surface area (Å²) in [6.07, 6.45) is 9.36. The second-order valence-corrected chi connectivity index (χ2v) is 11.5.